The van der Waals surface area contributed by atoms with Crippen LogP contribution in [0.4, 0.5) is 0 Å². The third-order valence-electron chi connectivity index (χ3n) is 3.70. The highest BCUT2D eigenvalue weighted by molar-refractivity contribution is 5.95. The van der Waals surface area contributed by atoms with Crippen molar-refractivity contribution in [2.24, 2.45) is 11.7 Å². The fourth-order valence-electron chi connectivity index (χ4n) is 2.50. The van der Waals surface area contributed by atoms with Crippen LogP contribution in [0.25, 0.3) is 21.8 Å². The maximum absolute atomic E-state index is 5.99. The zero-order chi connectivity index (χ0) is 14.7. The lowest BCUT2D eigenvalue weighted by Gasteiger charge is -2.14. The number of pyridine rings is 1. The average Bonchev–Trinajstić information content (AvgIpc) is 2.51. The summed E-state index contributed by atoms with van der Waals surface area (Å²) in [6, 6.07) is 16.3. The Kier molecular flexibility index (Phi) is 5.58. The molecule has 0 aliphatic carbocycles. The van der Waals surface area contributed by atoms with E-state index in [4.69, 9.17) is 15.5 Å². The monoisotopic (exact) mass is 316 g/mol. The smallest absolute Gasteiger partial charge is 0.128 e. The number of hydrogen-bond acceptors (Lipinski definition) is 3. The van der Waals surface area contributed by atoms with Crippen molar-refractivity contribution in [1.29, 1.82) is 0 Å². The summed E-state index contributed by atoms with van der Waals surface area (Å²) in [4.78, 5) is 4.70. The molecule has 1 unspecified atom stereocenters. The molecule has 3 rings (SSSR count). The molecule has 22 heavy (non-hydrogen) atoms. The fourth-order valence-corrected chi connectivity index (χ4v) is 2.50. The van der Waals surface area contributed by atoms with E-state index >= 15 is 0 Å². The molecular formula is C18H21ClN2O. The minimum atomic E-state index is 0. The molecule has 116 valence electrons. The van der Waals surface area contributed by atoms with Crippen LogP contribution < -0.4 is 10.5 Å². The van der Waals surface area contributed by atoms with Crippen molar-refractivity contribution >= 4 is 34.2 Å². The molecule has 0 bridgehead atoms. The summed E-state index contributed by atoms with van der Waals surface area (Å²) < 4.78 is 5.99. The van der Waals surface area contributed by atoms with Crippen LogP contribution in [0, 0.1) is 5.92 Å². The normalized spacial score (nSPS) is 12.1. The molecule has 0 fully saturated rings. The summed E-state index contributed by atoms with van der Waals surface area (Å²) in [6.45, 7) is 3.54. The molecule has 4 heteroatoms. The predicted molar refractivity (Wildman–Crippen MR) is 94.8 cm³/mol. The standard InChI is InChI=1S/C18H20N2O.ClH/c1-13(9-10-19)12-21-18-8-4-7-17-15(18)11-14-5-2-3-6-16(14)20-17;/h2-8,11,13H,9-10,12,19H2,1H3;1H. The maximum Gasteiger partial charge on any atom is 0.128 e. The Morgan fingerprint density at radius 1 is 1.09 bits per heavy atom. The first-order chi connectivity index (χ1) is 10.3. The number of ether oxygens (including phenoxy) is 1. The molecule has 2 N–H and O–H groups in total. The number of aromatic nitrogens is 1. The molecule has 0 saturated carbocycles. The summed E-state index contributed by atoms with van der Waals surface area (Å²) >= 11 is 0. The second kappa shape index (κ2) is 7.43. The van der Waals surface area contributed by atoms with Crippen LogP contribution in [-0.4, -0.2) is 18.1 Å². The van der Waals surface area contributed by atoms with Crippen molar-refractivity contribution in [3.63, 3.8) is 0 Å². The third-order valence-corrected chi connectivity index (χ3v) is 3.70. The molecule has 0 amide bonds. The minimum absolute atomic E-state index is 0. The van der Waals surface area contributed by atoms with Crippen molar-refractivity contribution < 1.29 is 4.74 Å². The van der Waals surface area contributed by atoms with Gasteiger partial charge in [-0.25, -0.2) is 4.98 Å². The maximum atomic E-state index is 5.99. The van der Waals surface area contributed by atoms with Crippen molar-refractivity contribution in [1.82, 2.24) is 4.98 Å². The number of benzene rings is 2. The molecule has 1 aromatic heterocycles. The van der Waals surface area contributed by atoms with Gasteiger partial charge in [0.15, 0.2) is 0 Å². The number of rotatable bonds is 5. The summed E-state index contributed by atoms with van der Waals surface area (Å²) in [5.41, 5.74) is 7.57. The van der Waals surface area contributed by atoms with Gasteiger partial charge in [-0.15, -0.1) is 12.4 Å². The zero-order valence-electron chi connectivity index (χ0n) is 12.7. The van der Waals surface area contributed by atoms with E-state index in [9.17, 15) is 0 Å². The number of nitrogens with zero attached hydrogens (tertiary/aromatic N) is 1. The SMILES string of the molecule is CC(CCN)COc1cccc2nc3ccccc3cc12.Cl. The van der Waals surface area contributed by atoms with Gasteiger partial charge in [-0.05, 0) is 43.1 Å². The largest absolute Gasteiger partial charge is 0.493 e. The van der Waals surface area contributed by atoms with Crippen LogP contribution in [-0.2, 0) is 0 Å². The van der Waals surface area contributed by atoms with Crippen molar-refractivity contribution in [2.75, 3.05) is 13.2 Å². The molecule has 2 aromatic carbocycles. The van der Waals surface area contributed by atoms with Crippen molar-refractivity contribution in [3.8, 4) is 5.75 Å². The van der Waals surface area contributed by atoms with Gasteiger partial charge in [0.05, 0.1) is 17.6 Å². The molecule has 3 aromatic rings. The van der Waals surface area contributed by atoms with Crippen LogP contribution in [0.3, 0.4) is 0 Å². The van der Waals surface area contributed by atoms with E-state index in [-0.39, 0.29) is 12.4 Å². The molecule has 0 saturated heterocycles. The lowest BCUT2D eigenvalue weighted by atomic mass is 10.1. The first kappa shape index (κ1) is 16.5. The van der Waals surface area contributed by atoms with Gasteiger partial charge in [-0.1, -0.05) is 31.2 Å². The van der Waals surface area contributed by atoms with Crippen molar-refractivity contribution in [2.45, 2.75) is 13.3 Å². The Morgan fingerprint density at radius 2 is 1.86 bits per heavy atom. The summed E-state index contributed by atoms with van der Waals surface area (Å²) in [5.74, 6) is 1.35. The van der Waals surface area contributed by atoms with Gasteiger partial charge >= 0.3 is 0 Å². The summed E-state index contributed by atoms with van der Waals surface area (Å²) in [6.07, 6.45) is 0.978. The predicted octanol–water partition coefficient (Wildman–Crippen LogP) is 4.17. The second-order valence-corrected chi connectivity index (χ2v) is 5.50. The van der Waals surface area contributed by atoms with Crippen LogP contribution >= 0.6 is 12.4 Å². The molecule has 1 heterocycles. The minimum Gasteiger partial charge on any atom is -0.493 e. The topological polar surface area (TPSA) is 48.1 Å². The molecule has 0 aliphatic heterocycles. The first-order valence-corrected chi connectivity index (χ1v) is 7.39. The van der Waals surface area contributed by atoms with Crippen molar-refractivity contribution in [3.05, 3.63) is 48.5 Å². The Morgan fingerprint density at radius 3 is 2.68 bits per heavy atom. The molecular weight excluding hydrogens is 296 g/mol. The summed E-state index contributed by atoms with van der Waals surface area (Å²) in [7, 11) is 0. The van der Waals surface area contributed by atoms with Crippen LogP contribution in [0.1, 0.15) is 13.3 Å². The van der Waals surface area contributed by atoms with E-state index in [0.29, 0.717) is 19.1 Å². The van der Waals surface area contributed by atoms with Gasteiger partial charge in [-0.2, -0.15) is 0 Å². The highest BCUT2D eigenvalue weighted by Gasteiger charge is 2.07. The molecule has 0 aliphatic rings. The van der Waals surface area contributed by atoms with E-state index in [1.54, 1.807) is 0 Å². The van der Waals surface area contributed by atoms with E-state index < -0.39 is 0 Å². The summed E-state index contributed by atoms with van der Waals surface area (Å²) in [5, 5.41) is 2.20. The van der Waals surface area contributed by atoms with Crippen LogP contribution in [0.15, 0.2) is 48.5 Å². The highest BCUT2D eigenvalue weighted by Crippen LogP contribution is 2.28. The average molecular weight is 317 g/mol. The Bertz CT molecular complexity index is 760. The van der Waals surface area contributed by atoms with Gasteiger partial charge in [0.1, 0.15) is 5.75 Å². The first-order valence-electron chi connectivity index (χ1n) is 7.39. The Labute approximate surface area is 136 Å². The Balaban J connectivity index is 0.00000176. The van der Waals surface area contributed by atoms with Gasteiger partial charge in [0, 0.05) is 10.8 Å². The third kappa shape index (κ3) is 3.49. The quantitative estimate of drug-likeness (QED) is 0.718. The van der Waals surface area contributed by atoms with Gasteiger partial charge < -0.3 is 10.5 Å². The number of hydrogen-bond donors (Lipinski definition) is 1. The number of para-hydroxylation sites is 1. The van der Waals surface area contributed by atoms with Crippen LogP contribution in [0.2, 0.25) is 0 Å². The zero-order valence-corrected chi connectivity index (χ0v) is 13.5. The van der Waals surface area contributed by atoms with Gasteiger partial charge in [0.2, 0.25) is 0 Å². The molecule has 3 nitrogen and oxygen atoms in total. The van der Waals surface area contributed by atoms with Gasteiger partial charge in [-0.3, -0.25) is 0 Å². The second-order valence-electron chi connectivity index (χ2n) is 5.50. The number of nitrogens with two attached hydrogens (primary N) is 1. The van der Waals surface area contributed by atoms with E-state index in [1.807, 2.05) is 36.4 Å². The van der Waals surface area contributed by atoms with E-state index in [2.05, 4.69) is 19.1 Å². The number of halogens is 1. The lowest BCUT2D eigenvalue weighted by molar-refractivity contribution is 0.257. The van der Waals surface area contributed by atoms with E-state index in [1.165, 1.54) is 0 Å². The lowest BCUT2D eigenvalue weighted by Crippen LogP contribution is -2.13. The van der Waals surface area contributed by atoms with Crippen LogP contribution in [0.5, 0.6) is 5.75 Å². The molecule has 1 atom stereocenters. The fraction of sp³-hybridized carbons (Fsp3) is 0.278. The van der Waals surface area contributed by atoms with Gasteiger partial charge in [0.25, 0.3) is 0 Å². The molecule has 0 radical (unpaired) electrons. The Hall–Kier alpha value is -1.84. The highest BCUT2D eigenvalue weighted by atomic mass is 35.5. The van der Waals surface area contributed by atoms with E-state index in [0.717, 1.165) is 34.0 Å². The molecule has 0 spiro atoms. The number of fused-ring (bicyclic) bond motifs is 2.